The van der Waals surface area contributed by atoms with Gasteiger partial charge in [-0.3, -0.25) is 0 Å². The molecule has 0 spiro atoms. The summed E-state index contributed by atoms with van der Waals surface area (Å²) >= 11 is 0. The van der Waals surface area contributed by atoms with E-state index in [1.165, 1.54) is 0 Å². The van der Waals surface area contributed by atoms with Crippen LogP contribution in [0.15, 0.2) is 30.5 Å². The second kappa shape index (κ2) is 4.79. The van der Waals surface area contributed by atoms with Gasteiger partial charge in [-0.1, -0.05) is 18.2 Å². The minimum Gasteiger partial charge on any atom is -0.394 e. The van der Waals surface area contributed by atoms with Crippen LogP contribution in [0.25, 0.3) is 10.9 Å². The molecule has 0 aliphatic rings. The fourth-order valence-electron chi connectivity index (χ4n) is 1.67. The first-order chi connectivity index (χ1) is 7.86. The fraction of sp³-hybridized carbons (Fsp3) is 0.250. The number of hydrogen-bond donors (Lipinski definition) is 1. The highest BCUT2D eigenvalue weighted by Gasteiger charge is 2.06. The number of nitrogens with zero attached hydrogens (tertiary/aromatic N) is 2. The summed E-state index contributed by atoms with van der Waals surface area (Å²) in [5.74, 6) is 0. The summed E-state index contributed by atoms with van der Waals surface area (Å²) in [6.45, 7) is 0.654. The summed E-state index contributed by atoms with van der Waals surface area (Å²) in [6.07, 6.45) is 1.77. The fourth-order valence-corrected chi connectivity index (χ4v) is 1.67. The zero-order valence-electron chi connectivity index (χ0n) is 8.76. The maximum absolute atomic E-state index is 8.98. The van der Waals surface area contributed by atoms with E-state index < -0.39 is 0 Å². The van der Waals surface area contributed by atoms with Crippen LogP contribution in [-0.4, -0.2) is 22.9 Å². The maximum atomic E-state index is 8.98. The Morgan fingerprint density at radius 1 is 1.38 bits per heavy atom. The predicted octanol–water partition coefficient (Wildman–Crippen LogP) is 1.48. The molecule has 0 saturated carbocycles. The van der Waals surface area contributed by atoms with Gasteiger partial charge in [0.05, 0.1) is 24.3 Å². The SMILES string of the molecule is N#Cc1cn(COCCO)c2ccccc12. The van der Waals surface area contributed by atoms with E-state index in [-0.39, 0.29) is 6.61 Å². The zero-order chi connectivity index (χ0) is 11.4. The lowest BCUT2D eigenvalue weighted by Gasteiger charge is -2.04. The number of hydrogen-bond acceptors (Lipinski definition) is 3. The van der Waals surface area contributed by atoms with E-state index in [2.05, 4.69) is 6.07 Å². The number of fused-ring (bicyclic) bond motifs is 1. The quantitative estimate of drug-likeness (QED) is 0.787. The molecule has 1 aromatic carbocycles. The van der Waals surface area contributed by atoms with Crippen molar-refractivity contribution in [2.75, 3.05) is 13.2 Å². The van der Waals surface area contributed by atoms with Gasteiger partial charge in [0.15, 0.2) is 0 Å². The molecular formula is C12H12N2O2. The van der Waals surface area contributed by atoms with Gasteiger partial charge in [0.25, 0.3) is 0 Å². The van der Waals surface area contributed by atoms with Crippen molar-refractivity contribution in [3.05, 3.63) is 36.0 Å². The van der Waals surface area contributed by atoms with Crippen LogP contribution >= 0.6 is 0 Å². The van der Waals surface area contributed by atoms with Gasteiger partial charge < -0.3 is 14.4 Å². The highest BCUT2D eigenvalue weighted by molar-refractivity contribution is 5.86. The van der Waals surface area contributed by atoms with Crippen LogP contribution in [0.4, 0.5) is 0 Å². The Bertz CT molecular complexity index is 525. The zero-order valence-corrected chi connectivity index (χ0v) is 8.76. The smallest absolute Gasteiger partial charge is 0.123 e. The summed E-state index contributed by atoms with van der Waals surface area (Å²) in [5, 5.41) is 18.5. The van der Waals surface area contributed by atoms with Crippen molar-refractivity contribution in [2.45, 2.75) is 6.73 Å². The second-order valence-electron chi connectivity index (χ2n) is 3.40. The van der Waals surface area contributed by atoms with Gasteiger partial charge >= 0.3 is 0 Å². The van der Waals surface area contributed by atoms with Gasteiger partial charge in [-0.2, -0.15) is 5.26 Å². The van der Waals surface area contributed by atoms with Gasteiger partial charge in [0.2, 0.25) is 0 Å². The highest BCUT2D eigenvalue weighted by atomic mass is 16.5. The first-order valence-electron chi connectivity index (χ1n) is 5.03. The number of aliphatic hydroxyl groups excluding tert-OH is 1. The molecule has 4 nitrogen and oxygen atoms in total. The Hall–Kier alpha value is -1.83. The minimum absolute atomic E-state index is 0.00427. The molecule has 0 amide bonds. The summed E-state index contributed by atoms with van der Waals surface area (Å²) in [6, 6.07) is 9.84. The van der Waals surface area contributed by atoms with E-state index in [9.17, 15) is 0 Å². The standard InChI is InChI=1S/C12H12N2O2/c13-7-10-8-14(9-16-6-5-15)12-4-2-1-3-11(10)12/h1-4,8,15H,5-6,9H2. The molecule has 4 heteroatoms. The molecular weight excluding hydrogens is 204 g/mol. The normalized spacial score (nSPS) is 10.5. The lowest BCUT2D eigenvalue weighted by Crippen LogP contribution is -2.04. The van der Waals surface area contributed by atoms with Gasteiger partial charge in [-0.05, 0) is 6.07 Å². The molecule has 1 N–H and O–H groups in total. The van der Waals surface area contributed by atoms with Crippen LogP contribution in [0.1, 0.15) is 5.56 Å². The van der Waals surface area contributed by atoms with Crippen molar-refractivity contribution < 1.29 is 9.84 Å². The lowest BCUT2D eigenvalue weighted by molar-refractivity contribution is 0.0504. The summed E-state index contributed by atoms with van der Waals surface area (Å²) in [5.41, 5.74) is 1.61. The van der Waals surface area contributed by atoms with Crippen LogP contribution in [0.5, 0.6) is 0 Å². The number of ether oxygens (including phenoxy) is 1. The molecule has 0 radical (unpaired) electrons. The number of rotatable bonds is 4. The average Bonchev–Trinajstić information content (AvgIpc) is 2.68. The largest absolute Gasteiger partial charge is 0.394 e. The number of nitriles is 1. The number of benzene rings is 1. The van der Waals surface area contributed by atoms with E-state index in [4.69, 9.17) is 15.1 Å². The van der Waals surface area contributed by atoms with E-state index >= 15 is 0 Å². The molecule has 0 aliphatic carbocycles. The van der Waals surface area contributed by atoms with E-state index in [0.717, 1.165) is 10.9 Å². The van der Waals surface area contributed by atoms with E-state index in [1.807, 2.05) is 28.8 Å². The molecule has 2 rings (SSSR count). The monoisotopic (exact) mass is 216 g/mol. The third-order valence-electron chi connectivity index (χ3n) is 2.38. The van der Waals surface area contributed by atoms with Crippen LogP contribution in [0.2, 0.25) is 0 Å². The molecule has 0 unspecified atom stereocenters. The first-order valence-corrected chi connectivity index (χ1v) is 5.03. The van der Waals surface area contributed by atoms with E-state index in [0.29, 0.717) is 18.9 Å². The van der Waals surface area contributed by atoms with Crippen LogP contribution in [0.3, 0.4) is 0 Å². The lowest BCUT2D eigenvalue weighted by atomic mass is 10.2. The third kappa shape index (κ3) is 1.91. The van der Waals surface area contributed by atoms with Gasteiger partial charge in [0, 0.05) is 11.6 Å². The molecule has 0 aliphatic heterocycles. The van der Waals surface area contributed by atoms with E-state index in [1.54, 1.807) is 6.20 Å². The molecule has 0 saturated heterocycles. The molecule has 1 aromatic heterocycles. The second-order valence-corrected chi connectivity index (χ2v) is 3.40. The van der Waals surface area contributed by atoms with Crippen molar-refractivity contribution in [1.29, 1.82) is 5.26 Å². The summed E-state index contributed by atoms with van der Waals surface area (Å²) in [7, 11) is 0. The van der Waals surface area contributed by atoms with Crippen molar-refractivity contribution in [3.63, 3.8) is 0 Å². The molecule has 16 heavy (non-hydrogen) atoms. The summed E-state index contributed by atoms with van der Waals surface area (Å²) < 4.78 is 7.10. The van der Waals surface area contributed by atoms with Crippen molar-refractivity contribution in [2.24, 2.45) is 0 Å². The van der Waals surface area contributed by atoms with Crippen LogP contribution in [0, 0.1) is 11.3 Å². The van der Waals surface area contributed by atoms with Crippen LogP contribution in [-0.2, 0) is 11.5 Å². The van der Waals surface area contributed by atoms with Gasteiger partial charge in [-0.25, -0.2) is 0 Å². The third-order valence-corrected chi connectivity index (χ3v) is 2.38. The van der Waals surface area contributed by atoms with Crippen molar-refractivity contribution in [3.8, 4) is 6.07 Å². The van der Waals surface area contributed by atoms with Crippen LogP contribution < -0.4 is 0 Å². The molecule has 2 aromatic rings. The molecule has 0 atom stereocenters. The Kier molecular flexibility index (Phi) is 3.20. The number of aliphatic hydroxyl groups is 1. The Labute approximate surface area is 93.3 Å². The maximum Gasteiger partial charge on any atom is 0.123 e. The Morgan fingerprint density at radius 3 is 2.94 bits per heavy atom. The minimum atomic E-state index is 0.00427. The highest BCUT2D eigenvalue weighted by Crippen LogP contribution is 2.20. The number of para-hydroxylation sites is 1. The molecule has 0 bridgehead atoms. The topological polar surface area (TPSA) is 58.2 Å². The molecule has 1 heterocycles. The average molecular weight is 216 g/mol. The van der Waals surface area contributed by atoms with Crippen molar-refractivity contribution >= 4 is 10.9 Å². The van der Waals surface area contributed by atoms with Gasteiger partial charge in [0.1, 0.15) is 12.8 Å². The Morgan fingerprint density at radius 2 is 2.19 bits per heavy atom. The first kappa shape index (κ1) is 10.7. The predicted molar refractivity (Wildman–Crippen MR) is 59.7 cm³/mol. The summed E-state index contributed by atoms with van der Waals surface area (Å²) in [4.78, 5) is 0. The number of aromatic nitrogens is 1. The van der Waals surface area contributed by atoms with Gasteiger partial charge in [-0.15, -0.1) is 0 Å². The molecule has 0 fully saturated rings. The Balaban J connectivity index is 2.35. The molecule has 82 valence electrons. The van der Waals surface area contributed by atoms with Crippen molar-refractivity contribution in [1.82, 2.24) is 4.57 Å².